The summed E-state index contributed by atoms with van der Waals surface area (Å²) >= 11 is 0. The standard InChI is InChI=1S/C34H48O8/c1-7-19(2)30-22(5)13-14-33(42-30)17-26-16-25(41-33)12-11-21(4)28(35)20(3)9-8-10-24-18-39-31-29(36)23(6)15-27(32(37)40-26)34(24,31)38/h8-11,13-15,19-20,22,25-31,35-36,38H,7,12,16-18H2,1-6H3/b9-8+,21-11+,24-10+/t19-,20-,22-,25+,26-,27-,28-,29+,30+,31+,33+,34+/m1/s1. The third-order valence-corrected chi connectivity index (χ3v) is 10.1. The van der Waals surface area contributed by atoms with Crippen LogP contribution in [0.25, 0.3) is 0 Å². The number of esters is 1. The average molecular weight is 585 g/mol. The van der Waals surface area contributed by atoms with Gasteiger partial charge in [0.1, 0.15) is 29.8 Å². The lowest BCUT2D eigenvalue weighted by Crippen LogP contribution is -2.58. The highest BCUT2D eigenvalue weighted by atomic mass is 16.7. The van der Waals surface area contributed by atoms with E-state index in [1.54, 1.807) is 25.2 Å². The molecule has 232 valence electrons. The molecule has 0 aromatic heterocycles. The van der Waals surface area contributed by atoms with Gasteiger partial charge in [-0.2, -0.15) is 0 Å². The summed E-state index contributed by atoms with van der Waals surface area (Å²) in [7, 11) is 0. The van der Waals surface area contributed by atoms with Crippen molar-refractivity contribution < 1.29 is 39.1 Å². The molecule has 0 aromatic carbocycles. The Morgan fingerprint density at radius 2 is 1.81 bits per heavy atom. The lowest BCUT2D eigenvalue weighted by molar-refractivity contribution is -0.300. The lowest BCUT2D eigenvalue weighted by atomic mass is 9.71. The molecule has 2 saturated heterocycles. The zero-order valence-corrected chi connectivity index (χ0v) is 25.7. The van der Waals surface area contributed by atoms with Crippen molar-refractivity contribution in [3.05, 3.63) is 59.3 Å². The van der Waals surface area contributed by atoms with E-state index in [1.807, 2.05) is 32.1 Å². The summed E-state index contributed by atoms with van der Waals surface area (Å²) in [4.78, 5) is 14.0. The van der Waals surface area contributed by atoms with Gasteiger partial charge in [0, 0.05) is 24.7 Å². The maximum absolute atomic E-state index is 14.0. The van der Waals surface area contributed by atoms with Crippen LogP contribution in [0.2, 0.25) is 0 Å². The quantitative estimate of drug-likeness (QED) is 0.325. The van der Waals surface area contributed by atoms with Gasteiger partial charge >= 0.3 is 5.97 Å². The smallest absolute Gasteiger partial charge is 0.316 e. The molecule has 8 heteroatoms. The first kappa shape index (κ1) is 31.4. The van der Waals surface area contributed by atoms with Crippen molar-refractivity contribution in [1.29, 1.82) is 0 Å². The SMILES string of the molecule is CC[C@@H](C)[C@@H]1O[C@@]2(C=C[C@H]1C)C[C@H]1C[C@H](C/C=C(\C)[C@H](O)[C@H](C)/C=C/C=C3\CO[C@H]4[C@@H](O)C(C)=C[C@H](C(=O)O1)[C@@]34O)O2. The van der Waals surface area contributed by atoms with E-state index in [9.17, 15) is 20.1 Å². The van der Waals surface area contributed by atoms with Crippen LogP contribution in [0.4, 0.5) is 0 Å². The lowest BCUT2D eigenvalue weighted by Gasteiger charge is -2.48. The van der Waals surface area contributed by atoms with Crippen LogP contribution in [0.1, 0.15) is 67.2 Å². The number of aliphatic hydroxyl groups excluding tert-OH is 2. The number of hydrogen-bond donors (Lipinski definition) is 3. The fourth-order valence-corrected chi connectivity index (χ4v) is 7.15. The topological polar surface area (TPSA) is 115 Å². The van der Waals surface area contributed by atoms with Gasteiger partial charge in [-0.3, -0.25) is 4.79 Å². The molecule has 0 saturated carbocycles. The molecular weight excluding hydrogens is 536 g/mol. The van der Waals surface area contributed by atoms with Crippen LogP contribution in [0, 0.1) is 23.7 Å². The maximum atomic E-state index is 14.0. The molecule has 0 aromatic rings. The number of allylic oxidation sites excluding steroid dienone is 2. The zero-order chi connectivity index (χ0) is 30.4. The highest BCUT2D eigenvalue weighted by Gasteiger charge is 2.60. The number of hydrogen-bond acceptors (Lipinski definition) is 8. The maximum Gasteiger partial charge on any atom is 0.316 e. The fourth-order valence-electron chi connectivity index (χ4n) is 7.15. The summed E-state index contributed by atoms with van der Waals surface area (Å²) in [5, 5.41) is 34.0. The average Bonchev–Trinajstić information content (AvgIpc) is 3.30. The van der Waals surface area contributed by atoms with Gasteiger partial charge in [-0.1, -0.05) is 70.6 Å². The van der Waals surface area contributed by atoms with Gasteiger partial charge in [0.2, 0.25) is 0 Å². The number of carbonyl (C=O) groups is 1. The van der Waals surface area contributed by atoms with Crippen molar-refractivity contribution >= 4 is 5.97 Å². The number of ether oxygens (including phenoxy) is 4. The minimum Gasteiger partial charge on any atom is -0.462 e. The summed E-state index contributed by atoms with van der Waals surface area (Å²) in [6.07, 6.45) is 11.7. The largest absolute Gasteiger partial charge is 0.462 e. The van der Waals surface area contributed by atoms with Crippen molar-refractivity contribution in [1.82, 2.24) is 0 Å². The van der Waals surface area contributed by atoms with Gasteiger partial charge in [-0.25, -0.2) is 0 Å². The van der Waals surface area contributed by atoms with Gasteiger partial charge in [-0.05, 0) is 49.0 Å². The molecule has 12 atom stereocenters. The first-order valence-corrected chi connectivity index (χ1v) is 15.6. The van der Waals surface area contributed by atoms with E-state index >= 15 is 0 Å². The molecule has 0 radical (unpaired) electrons. The molecule has 5 rings (SSSR count). The Morgan fingerprint density at radius 1 is 1.05 bits per heavy atom. The predicted molar refractivity (Wildman–Crippen MR) is 158 cm³/mol. The molecule has 4 aliphatic heterocycles. The third-order valence-electron chi connectivity index (χ3n) is 10.1. The molecule has 0 unspecified atom stereocenters. The Hall–Kier alpha value is -2.07. The van der Waals surface area contributed by atoms with Gasteiger partial charge < -0.3 is 34.3 Å². The number of fused-ring (bicyclic) bond motifs is 2. The summed E-state index contributed by atoms with van der Waals surface area (Å²) < 4.78 is 25.5. The Kier molecular flexibility index (Phi) is 9.06. The predicted octanol–water partition coefficient (Wildman–Crippen LogP) is 4.31. The van der Waals surface area contributed by atoms with Crippen molar-refractivity contribution in [2.75, 3.05) is 6.61 Å². The number of aliphatic hydroxyl groups is 3. The van der Waals surface area contributed by atoms with E-state index in [-0.39, 0.29) is 30.7 Å². The third kappa shape index (κ3) is 5.74. The van der Waals surface area contributed by atoms with Gasteiger partial charge in [-0.15, -0.1) is 0 Å². The second-order valence-corrected chi connectivity index (χ2v) is 13.2. The molecular formula is C34H48O8. The Labute approximate surface area is 249 Å². The molecule has 2 bridgehead atoms. The normalized spacial score (nSPS) is 48.3. The second-order valence-electron chi connectivity index (χ2n) is 13.2. The summed E-state index contributed by atoms with van der Waals surface area (Å²) in [5.74, 6) is -2.35. The number of carbonyl (C=O) groups excluding carboxylic acids is 1. The minimum absolute atomic E-state index is 0.0464. The summed E-state index contributed by atoms with van der Waals surface area (Å²) in [5.41, 5.74) is 0.101. The van der Waals surface area contributed by atoms with Gasteiger partial charge in [0.15, 0.2) is 5.79 Å². The zero-order valence-electron chi connectivity index (χ0n) is 25.7. The van der Waals surface area contributed by atoms with Crippen LogP contribution in [0.5, 0.6) is 0 Å². The molecule has 42 heavy (non-hydrogen) atoms. The van der Waals surface area contributed by atoms with Crippen molar-refractivity contribution in [2.24, 2.45) is 23.7 Å². The molecule has 2 fully saturated rings. The van der Waals surface area contributed by atoms with Crippen LogP contribution < -0.4 is 0 Å². The minimum atomic E-state index is -1.77. The molecule has 3 N–H and O–H groups in total. The van der Waals surface area contributed by atoms with Crippen molar-refractivity contribution in [2.45, 2.75) is 115 Å². The number of rotatable bonds is 2. The first-order chi connectivity index (χ1) is 19.9. The molecule has 8 nitrogen and oxygen atoms in total. The van der Waals surface area contributed by atoms with Crippen LogP contribution in [0.15, 0.2) is 59.3 Å². The van der Waals surface area contributed by atoms with E-state index in [1.165, 1.54) is 0 Å². The van der Waals surface area contributed by atoms with E-state index < -0.39 is 47.7 Å². The molecule has 5 aliphatic rings. The molecule has 0 amide bonds. The molecule has 4 heterocycles. The van der Waals surface area contributed by atoms with Crippen LogP contribution in [-0.2, 0) is 23.7 Å². The van der Waals surface area contributed by atoms with Crippen LogP contribution in [-0.4, -0.2) is 75.9 Å². The monoisotopic (exact) mass is 584 g/mol. The summed E-state index contributed by atoms with van der Waals surface area (Å²) in [6.45, 7) is 12.1. The first-order valence-electron chi connectivity index (χ1n) is 15.6. The van der Waals surface area contributed by atoms with E-state index in [4.69, 9.17) is 18.9 Å². The Morgan fingerprint density at radius 3 is 2.55 bits per heavy atom. The second kappa shape index (κ2) is 12.1. The van der Waals surface area contributed by atoms with Crippen LogP contribution >= 0.6 is 0 Å². The van der Waals surface area contributed by atoms with E-state index in [0.717, 1.165) is 12.0 Å². The molecule has 1 spiro atoms. The van der Waals surface area contributed by atoms with Gasteiger partial charge in [0.25, 0.3) is 0 Å². The summed E-state index contributed by atoms with van der Waals surface area (Å²) in [6, 6.07) is 0. The van der Waals surface area contributed by atoms with Crippen LogP contribution in [0.3, 0.4) is 0 Å². The Bertz CT molecular complexity index is 1180. The highest BCUT2D eigenvalue weighted by Crippen LogP contribution is 2.47. The molecule has 1 aliphatic carbocycles. The van der Waals surface area contributed by atoms with Crippen molar-refractivity contribution in [3.63, 3.8) is 0 Å². The highest BCUT2D eigenvalue weighted by molar-refractivity contribution is 5.78. The van der Waals surface area contributed by atoms with Crippen molar-refractivity contribution in [3.8, 4) is 0 Å². The van der Waals surface area contributed by atoms with E-state index in [2.05, 4.69) is 26.8 Å². The van der Waals surface area contributed by atoms with E-state index in [0.29, 0.717) is 36.3 Å². The Balaban J connectivity index is 1.54. The van der Waals surface area contributed by atoms with Gasteiger partial charge in [0.05, 0.1) is 24.9 Å². The fraction of sp³-hybridized carbons (Fsp3) is 0.676.